The number of hydrogen-bond donors (Lipinski definition) is 2. The van der Waals surface area contributed by atoms with Gasteiger partial charge >= 0.3 is 0 Å². The zero-order chi connectivity index (χ0) is 21.8. The van der Waals surface area contributed by atoms with Gasteiger partial charge in [-0.3, -0.25) is 10.0 Å². The number of carbonyl (C=O) groups is 1. The molecule has 0 saturated carbocycles. The number of thiophene rings is 1. The maximum Gasteiger partial charge on any atom is 0.274 e. The number of aryl methyl sites for hydroxylation is 1. The number of nitrogens with one attached hydrogen (secondary N) is 1. The van der Waals surface area contributed by atoms with Crippen LogP contribution < -0.4 is 10.4 Å². The molecule has 2 aromatic carbocycles. The van der Waals surface area contributed by atoms with E-state index in [1.54, 1.807) is 34.2 Å². The predicted octanol–water partition coefficient (Wildman–Crippen LogP) is 5.75. The molecule has 0 fully saturated rings. The first kappa shape index (κ1) is 20.2. The Kier molecular flexibility index (Phi) is 4.84. The number of amides is 1. The van der Waals surface area contributed by atoms with E-state index < -0.39 is 5.91 Å². The number of benzene rings is 2. The minimum absolute atomic E-state index is 0.154. The van der Waals surface area contributed by atoms with Crippen LogP contribution >= 0.6 is 22.7 Å². The summed E-state index contributed by atoms with van der Waals surface area (Å²) in [5.74, 6) is -0.482. The van der Waals surface area contributed by atoms with Gasteiger partial charge < -0.3 is 4.90 Å². The van der Waals surface area contributed by atoms with Crippen LogP contribution in [0.25, 0.3) is 20.7 Å². The van der Waals surface area contributed by atoms with E-state index in [0.717, 1.165) is 29.5 Å². The third kappa shape index (κ3) is 3.43. The van der Waals surface area contributed by atoms with Crippen LogP contribution in [-0.4, -0.2) is 22.6 Å². The Morgan fingerprint density at radius 2 is 2.03 bits per heavy atom. The van der Waals surface area contributed by atoms with Crippen molar-refractivity contribution >= 4 is 43.8 Å². The Labute approximate surface area is 188 Å². The van der Waals surface area contributed by atoms with Gasteiger partial charge in [0.1, 0.15) is 0 Å². The Morgan fingerprint density at radius 1 is 1.23 bits per heavy atom. The number of anilines is 1. The van der Waals surface area contributed by atoms with Crippen molar-refractivity contribution in [3.8, 4) is 10.6 Å². The first-order valence-corrected chi connectivity index (χ1v) is 11.8. The highest BCUT2D eigenvalue weighted by Crippen LogP contribution is 2.41. The minimum Gasteiger partial charge on any atom is -0.343 e. The second kappa shape index (κ2) is 7.44. The topological polar surface area (TPSA) is 65.5 Å². The molecule has 5 nitrogen and oxygen atoms in total. The summed E-state index contributed by atoms with van der Waals surface area (Å²) in [7, 11) is 0. The molecule has 1 aliphatic heterocycles. The van der Waals surface area contributed by atoms with E-state index in [-0.39, 0.29) is 5.41 Å². The highest BCUT2D eigenvalue weighted by atomic mass is 32.1. The molecule has 31 heavy (non-hydrogen) atoms. The average molecular weight is 450 g/mol. The van der Waals surface area contributed by atoms with E-state index in [2.05, 4.69) is 55.3 Å². The van der Waals surface area contributed by atoms with Crippen LogP contribution in [0.2, 0.25) is 0 Å². The smallest absolute Gasteiger partial charge is 0.274 e. The monoisotopic (exact) mass is 449 g/mol. The Bertz CT molecular complexity index is 1310. The van der Waals surface area contributed by atoms with Crippen LogP contribution in [0.3, 0.4) is 0 Å². The standard InChI is InChI=1S/C24H23N3O2S2/c1-14-17-6-4-5-7-20(17)31-21(14)19-12-30-23(25-19)27-11-16-9-8-15(22(28)26-29)10-18(16)24(2,3)13-27/h4-10,12,29H,11,13H2,1-3H3,(H,26,28). The fraction of sp³-hybridized carbons (Fsp3) is 0.250. The third-order valence-corrected chi connectivity index (χ3v) is 8.19. The maximum atomic E-state index is 11.8. The van der Waals surface area contributed by atoms with Crippen LogP contribution in [0.5, 0.6) is 0 Å². The molecule has 0 saturated heterocycles. The van der Waals surface area contributed by atoms with Crippen molar-refractivity contribution in [3.63, 3.8) is 0 Å². The van der Waals surface area contributed by atoms with Crippen molar-refractivity contribution in [2.45, 2.75) is 32.7 Å². The highest BCUT2D eigenvalue weighted by molar-refractivity contribution is 7.23. The molecule has 3 heterocycles. The number of carbonyl (C=O) groups excluding carboxylic acids is 1. The van der Waals surface area contributed by atoms with Crippen molar-refractivity contribution in [3.05, 3.63) is 70.1 Å². The van der Waals surface area contributed by atoms with E-state index in [9.17, 15) is 4.79 Å². The van der Waals surface area contributed by atoms with E-state index >= 15 is 0 Å². The van der Waals surface area contributed by atoms with E-state index in [4.69, 9.17) is 10.2 Å². The number of hydrogen-bond acceptors (Lipinski definition) is 6. The molecule has 5 rings (SSSR count). The first-order valence-electron chi connectivity index (χ1n) is 10.1. The van der Waals surface area contributed by atoms with Gasteiger partial charge in [0, 0.05) is 34.1 Å². The summed E-state index contributed by atoms with van der Waals surface area (Å²) >= 11 is 3.48. The van der Waals surface area contributed by atoms with Gasteiger partial charge in [-0.05, 0) is 47.2 Å². The fourth-order valence-electron chi connectivity index (χ4n) is 4.44. The lowest BCUT2D eigenvalue weighted by Crippen LogP contribution is -2.42. The Hall–Kier alpha value is -2.74. The van der Waals surface area contributed by atoms with Crippen LogP contribution in [0.4, 0.5) is 5.13 Å². The molecular formula is C24H23N3O2S2. The van der Waals surface area contributed by atoms with Crippen molar-refractivity contribution in [1.82, 2.24) is 10.5 Å². The molecule has 1 aliphatic rings. The van der Waals surface area contributed by atoms with Gasteiger partial charge in [-0.2, -0.15) is 0 Å². The van der Waals surface area contributed by atoms with E-state index in [1.807, 2.05) is 12.1 Å². The lowest BCUT2D eigenvalue weighted by Gasteiger charge is -2.40. The SMILES string of the molecule is Cc1c(-c2csc(N3Cc4ccc(C(=O)NO)cc4C(C)(C)C3)n2)sc2ccccc12. The van der Waals surface area contributed by atoms with Gasteiger partial charge in [0.15, 0.2) is 5.13 Å². The number of aromatic nitrogens is 1. The summed E-state index contributed by atoms with van der Waals surface area (Å²) in [6, 6.07) is 14.1. The van der Waals surface area contributed by atoms with Crippen LogP contribution in [0.15, 0.2) is 47.8 Å². The van der Waals surface area contributed by atoms with Crippen LogP contribution in [0, 0.1) is 6.92 Å². The minimum atomic E-state index is -0.482. The number of nitrogens with zero attached hydrogens (tertiary/aromatic N) is 2. The summed E-state index contributed by atoms with van der Waals surface area (Å²) in [5.41, 5.74) is 6.69. The summed E-state index contributed by atoms with van der Waals surface area (Å²) < 4.78 is 1.29. The molecule has 0 spiro atoms. The molecule has 0 unspecified atom stereocenters. The largest absolute Gasteiger partial charge is 0.343 e. The quantitative estimate of drug-likeness (QED) is 0.309. The predicted molar refractivity (Wildman–Crippen MR) is 127 cm³/mol. The van der Waals surface area contributed by atoms with Gasteiger partial charge in [-0.15, -0.1) is 22.7 Å². The lowest BCUT2D eigenvalue weighted by molar-refractivity contribution is 0.0706. The van der Waals surface area contributed by atoms with Gasteiger partial charge in [0.05, 0.1) is 10.6 Å². The number of rotatable bonds is 3. The van der Waals surface area contributed by atoms with Crippen molar-refractivity contribution in [2.24, 2.45) is 0 Å². The van der Waals surface area contributed by atoms with E-state index in [0.29, 0.717) is 5.56 Å². The Balaban J connectivity index is 1.48. The molecule has 4 aromatic rings. The van der Waals surface area contributed by atoms with Crippen LogP contribution in [0.1, 0.15) is 40.9 Å². The molecule has 2 N–H and O–H groups in total. The van der Waals surface area contributed by atoms with Crippen molar-refractivity contribution < 1.29 is 10.0 Å². The zero-order valence-electron chi connectivity index (χ0n) is 17.6. The Morgan fingerprint density at radius 3 is 2.81 bits per heavy atom. The highest BCUT2D eigenvalue weighted by Gasteiger charge is 2.33. The van der Waals surface area contributed by atoms with Crippen LogP contribution in [-0.2, 0) is 12.0 Å². The maximum absolute atomic E-state index is 11.8. The average Bonchev–Trinajstić information content (AvgIpc) is 3.38. The van der Waals surface area contributed by atoms with Gasteiger partial charge in [0.25, 0.3) is 5.91 Å². The molecule has 2 aromatic heterocycles. The van der Waals surface area contributed by atoms with Gasteiger partial charge in [0.2, 0.25) is 0 Å². The lowest BCUT2D eigenvalue weighted by atomic mass is 9.78. The molecule has 0 atom stereocenters. The molecule has 0 bridgehead atoms. The first-order chi connectivity index (χ1) is 14.9. The van der Waals surface area contributed by atoms with Crippen molar-refractivity contribution in [2.75, 3.05) is 11.4 Å². The number of hydroxylamine groups is 1. The fourth-order valence-corrected chi connectivity index (χ4v) is 6.50. The molecule has 0 aliphatic carbocycles. The summed E-state index contributed by atoms with van der Waals surface area (Å²) in [6.45, 7) is 8.10. The third-order valence-electron chi connectivity index (χ3n) is 5.99. The van der Waals surface area contributed by atoms with E-state index in [1.165, 1.54) is 26.1 Å². The molecule has 7 heteroatoms. The van der Waals surface area contributed by atoms with Gasteiger partial charge in [-0.25, -0.2) is 10.5 Å². The molecule has 1 amide bonds. The molecule has 158 valence electrons. The zero-order valence-corrected chi connectivity index (χ0v) is 19.2. The second-order valence-corrected chi connectivity index (χ2v) is 10.5. The molecule has 0 radical (unpaired) electrons. The summed E-state index contributed by atoms with van der Waals surface area (Å²) in [5, 5.41) is 13.4. The number of fused-ring (bicyclic) bond motifs is 2. The normalized spacial score (nSPS) is 15.2. The second-order valence-electron chi connectivity index (χ2n) is 8.62. The molecular weight excluding hydrogens is 426 g/mol. The summed E-state index contributed by atoms with van der Waals surface area (Å²) in [6.07, 6.45) is 0. The van der Waals surface area contributed by atoms with Crippen molar-refractivity contribution in [1.29, 1.82) is 0 Å². The summed E-state index contributed by atoms with van der Waals surface area (Å²) in [4.78, 5) is 20.4. The number of thiazole rings is 1. The van der Waals surface area contributed by atoms with Gasteiger partial charge in [-0.1, -0.05) is 38.1 Å².